The van der Waals surface area contributed by atoms with Crippen molar-refractivity contribution in [2.24, 2.45) is 0 Å². The average molecular weight is 233 g/mol. The molecule has 0 amide bonds. The van der Waals surface area contributed by atoms with Gasteiger partial charge in [0, 0.05) is 16.1 Å². The lowest BCUT2D eigenvalue weighted by Gasteiger charge is -2.00. The minimum atomic E-state index is 0.596. The molecule has 0 radical (unpaired) electrons. The van der Waals surface area contributed by atoms with Gasteiger partial charge in [0.25, 0.3) is 0 Å². The van der Waals surface area contributed by atoms with Crippen LogP contribution in [0.4, 0.5) is 5.69 Å². The largest absolute Gasteiger partial charge is 0.268 e. The molecule has 0 atom stereocenters. The van der Waals surface area contributed by atoms with E-state index in [0.29, 0.717) is 5.69 Å². The van der Waals surface area contributed by atoms with Crippen molar-refractivity contribution in [2.75, 3.05) is 0 Å². The minimum absolute atomic E-state index is 0.596. The van der Waals surface area contributed by atoms with Gasteiger partial charge in [-0.05, 0) is 6.07 Å². The summed E-state index contributed by atoms with van der Waals surface area (Å²) in [6.45, 7) is 6.97. The van der Waals surface area contributed by atoms with Crippen molar-refractivity contribution in [3.63, 3.8) is 0 Å². The smallest absolute Gasteiger partial charge is 0.212 e. The van der Waals surface area contributed by atoms with Crippen molar-refractivity contribution in [1.29, 1.82) is 0 Å². The van der Waals surface area contributed by atoms with Crippen molar-refractivity contribution in [3.05, 3.63) is 46.4 Å². The average Bonchev–Trinajstić information content (AvgIpc) is 2.19. The molecule has 0 saturated carbocycles. The Hall–Kier alpha value is -1.40. The van der Waals surface area contributed by atoms with Crippen LogP contribution < -0.4 is 0 Å². The lowest BCUT2D eigenvalue weighted by atomic mass is 10.2. The maximum atomic E-state index is 6.97. The molecule has 1 aromatic carbocycles. The number of benzene rings is 1. The van der Waals surface area contributed by atoms with E-state index >= 15 is 0 Å². The zero-order valence-corrected chi connectivity index (χ0v) is 8.25. The standard InChI is InChI=1S/C10H5BrN2/c1-12-9-5-4-8(11)7-3-2-6-13-10(7)9/h2-6H. The molecular formula is C10H5BrN2. The van der Waals surface area contributed by atoms with E-state index < -0.39 is 0 Å². The number of pyridine rings is 1. The maximum absolute atomic E-state index is 6.97. The van der Waals surface area contributed by atoms with E-state index in [1.165, 1.54) is 0 Å². The van der Waals surface area contributed by atoms with Gasteiger partial charge in [-0.15, -0.1) is 0 Å². The molecule has 0 aliphatic carbocycles. The summed E-state index contributed by atoms with van der Waals surface area (Å²) >= 11 is 3.42. The lowest BCUT2D eigenvalue weighted by Crippen LogP contribution is -1.78. The third kappa shape index (κ3) is 1.30. The highest BCUT2D eigenvalue weighted by Gasteiger charge is 2.03. The van der Waals surface area contributed by atoms with Gasteiger partial charge < -0.3 is 0 Å². The molecule has 2 aromatic rings. The molecule has 1 aromatic heterocycles. The van der Waals surface area contributed by atoms with Crippen molar-refractivity contribution in [2.45, 2.75) is 0 Å². The summed E-state index contributed by atoms with van der Waals surface area (Å²) in [5.74, 6) is 0. The second-order valence-electron chi connectivity index (χ2n) is 2.58. The van der Waals surface area contributed by atoms with Crippen LogP contribution in [0, 0.1) is 6.57 Å². The van der Waals surface area contributed by atoms with Crippen molar-refractivity contribution in [3.8, 4) is 0 Å². The fraction of sp³-hybridized carbons (Fsp3) is 0. The van der Waals surface area contributed by atoms with Gasteiger partial charge in [0.2, 0.25) is 5.69 Å². The first-order valence-corrected chi connectivity index (χ1v) is 4.53. The van der Waals surface area contributed by atoms with E-state index in [0.717, 1.165) is 15.4 Å². The van der Waals surface area contributed by atoms with Crippen molar-refractivity contribution >= 4 is 32.5 Å². The molecule has 0 spiro atoms. The third-order valence-electron chi connectivity index (χ3n) is 1.82. The van der Waals surface area contributed by atoms with Gasteiger partial charge in [-0.3, -0.25) is 4.98 Å². The highest BCUT2D eigenvalue weighted by Crippen LogP contribution is 2.29. The van der Waals surface area contributed by atoms with Crippen LogP contribution in [-0.2, 0) is 0 Å². The highest BCUT2D eigenvalue weighted by atomic mass is 79.9. The molecule has 2 rings (SSSR count). The first kappa shape index (κ1) is 8.21. The molecular weight excluding hydrogens is 228 g/mol. The van der Waals surface area contributed by atoms with Gasteiger partial charge in [-0.1, -0.05) is 34.1 Å². The van der Waals surface area contributed by atoms with Crippen LogP contribution >= 0.6 is 15.9 Å². The molecule has 0 fully saturated rings. The summed E-state index contributed by atoms with van der Waals surface area (Å²) in [7, 11) is 0. The normalized spacial score (nSPS) is 9.85. The van der Waals surface area contributed by atoms with Crippen LogP contribution in [0.5, 0.6) is 0 Å². The van der Waals surface area contributed by atoms with Crippen LogP contribution in [-0.4, -0.2) is 4.98 Å². The fourth-order valence-corrected chi connectivity index (χ4v) is 1.67. The predicted octanol–water partition coefficient (Wildman–Crippen LogP) is 3.55. The molecule has 1 heterocycles. The second-order valence-corrected chi connectivity index (χ2v) is 3.43. The van der Waals surface area contributed by atoms with Crippen LogP contribution in [0.3, 0.4) is 0 Å². The second kappa shape index (κ2) is 3.15. The van der Waals surface area contributed by atoms with Crippen LogP contribution in [0.25, 0.3) is 15.7 Å². The van der Waals surface area contributed by atoms with Gasteiger partial charge >= 0.3 is 0 Å². The zero-order valence-electron chi connectivity index (χ0n) is 6.66. The maximum Gasteiger partial charge on any atom is 0.212 e. The number of rotatable bonds is 0. The molecule has 0 bridgehead atoms. The number of aromatic nitrogens is 1. The molecule has 0 N–H and O–H groups in total. The number of nitrogens with zero attached hydrogens (tertiary/aromatic N) is 2. The quantitative estimate of drug-likeness (QED) is 0.636. The summed E-state index contributed by atoms with van der Waals surface area (Å²) in [6, 6.07) is 7.45. The van der Waals surface area contributed by atoms with E-state index in [1.807, 2.05) is 18.2 Å². The first-order chi connectivity index (χ1) is 6.33. The van der Waals surface area contributed by atoms with Gasteiger partial charge in [0.1, 0.15) is 0 Å². The topological polar surface area (TPSA) is 17.2 Å². The van der Waals surface area contributed by atoms with Gasteiger partial charge in [-0.25, -0.2) is 4.85 Å². The highest BCUT2D eigenvalue weighted by molar-refractivity contribution is 9.10. The predicted molar refractivity (Wildman–Crippen MR) is 55.7 cm³/mol. The van der Waals surface area contributed by atoms with E-state index in [9.17, 15) is 0 Å². The Morgan fingerprint density at radius 2 is 2.15 bits per heavy atom. The fourth-order valence-electron chi connectivity index (χ4n) is 1.21. The van der Waals surface area contributed by atoms with Gasteiger partial charge in [0.05, 0.1) is 12.1 Å². The number of fused-ring (bicyclic) bond motifs is 1. The molecule has 0 aliphatic rings. The Bertz CT molecular complexity index is 500. The molecule has 0 saturated heterocycles. The number of hydrogen-bond donors (Lipinski definition) is 0. The summed E-state index contributed by atoms with van der Waals surface area (Å²) in [4.78, 5) is 7.58. The Balaban J connectivity index is 2.95. The van der Waals surface area contributed by atoms with Crippen LogP contribution in [0.15, 0.2) is 34.9 Å². The Labute approximate surface area is 84.2 Å². The van der Waals surface area contributed by atoms with Crippen LogP contribution in [0.1, 0.15) is 0 Å². The minimum Gasteiger partial charge on any atom is -0.268 e. The van der Waals surface area contributed by atoms with E-state index in [2.05, 4.69) is 25.8 Å². The molecule has 2 nitrogen and oxygen atoms in total. The molecule has 0 unspecified atom stereocenters. The molecule has 62 valence electrons. The lowest BCUT2D eigenvalue weighted by molar-refractivity contribution is 1.41. The zero-order chi connectivity index (χ0) is 9.26. The SMILES string of the molecule is [C-]#[N+]c1ccc(Br)c2cccnc12. The summed E-state index contributed by atoms with van der Waals surface area (Å²) < 4.78 is 0.975. The summed E-state index contributed by atoms with van der Waals surface area (Å²) in [6.07, 6.45) is 1.70. The summed E-state index contributed by atoms with van der Waals surface area (Å²) in [5, 5.41) is 0.982. The first-order valence-electron chi connectivity index (χ1n) is 3.73. The molecule has 3 heteroatoms. The van der Waals surface area contributed by atoms with Gasteiger partial charge in [-0.2, -0.15) is 0 Å². The van der Waals surface area contributed by atoms with E-state index in [1.54, 1.807) is 12.3 Å². The van der Waals surface area contributed by atoms with E-state index in [-0.39, 0.29) is 0 Å². The van der Waals surface area contributed by atoms with E-state index in [4.69, 9.17) is 6.57 Å². The molecule has 13 heavy (non-hydrogen) atoms. The third-order valence-corrected chi connectivity index (χ3v) is 2.51. The Kier molecular flexibility index (Phi) is 1.99. The molecule has 0 aliphatic heterocycles. The number of halogens is 1. The Morgan fingerprint density at radius 1 is 1.31 bits per heavy atom. The van der Waals surface area contributed by atoms with Crippen molar-refractivity contribution in [1.82, 2.24) is 4.98 Å². The van der Waals surface area contributed by atoms with Crippen molar-refractivity contribution < 1.29 is 0 Å². The van der Waals surface area contributed by atoms with Gasteiger partial charge in [0.15, 0.2) is 0 Å². The Morgan fingerprint density at radius 3 is 2.92 bits per heavy atom. The summed E-state index contributed by atoms with van der Waals surface area (Å²) in [5.41, 5.74) is 1.35. The monoisotopic (exact) mass is 232 g/mol. The number of hydrogen-bond acceptors (Lipinski definition) is 1. The van der Waals surface area contributed by atoms with Crippen LogP contribution in [0.2, 0.25) is 0 Å².